The minimum absolute atomic E-state index is 0.382. The number of aryl methyl sites for hydroxylation is 4. The first-order valence-electron chi connectivity index (χ1n) is 13.8. The van der Waals surface area contributed by atoms with Gasteiger partial charge in [-0.05, 0) is 99.5 Å². The first kappa shape index (κ1) is 28.4. The van der Waals surface area contributed by atoms with Gasteiger partial charge in [-0.1, -0.05) is 6.07 Å². The van der Waals surface area contributed by atoms with Crippen LogP contribution in [0.5, 0.6) is 0 Å². The summed E-state index contributed by atoms with van der Waals surface area (Å²) in [6, 6.07) is 21.8. The third-order valence-corrected chi connectivity index (χ3v) is 7.36. The van der Waals surface area contributed by atoms with Gasteiger partial charge in [-0.3, -0.25) is 19.9 Å². The van der Waals surface area contributed by atoms with Gasteiger partial charge in [0.15, 0.2) is 0 Å². The number of nitrogens with zero attached hydrogens (tertiary/aromatic N) is 6. The van der Waals surface area contributed by atoms with Crippen molar-refractivity contribution < 1.29 is 9.53 Å². The molecule has 4 heterocycles. The number of rotatable bonds is 9. The number of aromatic nitrogens is 4. The van der Waals surface area contributed by atoms with Gasteiger partial charge in [0.05, 0.1) is 58.2 Å². The van der Waals surface area contributed by atoms with Crippen molar-refractivity contribution in [2.75, 3.05) is 16.9 Å². The highest BCUT2D eigenvalue weighted by Gasteiger charge is 2.22. The van der Waals surface area contributed by atoms with Crippen LogP contribution in [0.4, 0.5) is 22.7 Å². The zero-order chi connectivity index (χ0) is 29.6. The minimum Gasteiger partial charge on any atom is -0.465 e. The molecule has 0 atom stereocenters. The molecule has 1 aromatic carbocycles. The van der Waals surface area contributed by atoms with Crippen molar-refractivity contribution in [3.63, 3.8) is 0 Å². The second-order valence-electron chi connectivity index (χ2n) is 10.1. The zero-order valence-electron chi connectivity index (χ0n) is 24.6. The Balaban J connectivity index is 1.67. The van der Waals surface area contributed by atoms with E-state index in [0.29, 0.717) is 18.7 Å². The van der Waals surface area contributed by atoms with Gasteiger partial charge in [-0.25, -0.2) is 4.79 Å². The van der Waals surface area contributed by atoms with Crippen LogP contribution >= 0.6 is 0 Å². The van der Waals surface area contributed by atoms with Crippen molar-refractivity contribution >= 4 is 28.7 Å². The molecule has 212 valence electrons. The molecule has 0 fully saturated rings. The normalized spacial score (nSPS) is 10.8. The van der Waals surface area contributed by atoms with E-state index in [1.165, 1.54) is 7.11 Å². The number of pyridine rings is 4. The third kappa shape index (κ3) is 5.98. The molecule has 0 saturated heterocycles. The summed E-state index contributed by atoms with van der Waals surface area (Å²) in [5, 5.41) is 0. The molecule has 5 aromatic rings. The second-order valence-corrected chi connectivity index (χ2v) is 10.1. The standard InChI is InChI=1S/C34H34N6O2/c1-23-30(10-6-16-35-23)39(31-11-7-17-36-24(31)2)21-28-15-14-27(34(41)42-5)20-29(28)22-40(32-12-8-18-37-25(32)3)33-13-9-19-38-26(33)4/h6-20H,21-22H2,1-5H3. The molecule has 0 radical (unpaired) electrons. The predicted octanol–water partition coefficient (Wildman–Crippen LogP) is 6.96. The van der Waals surface area contributed by atoms with Crippen LogP contribution in [-0.2, 0) is 17.8 Å². The van der Waals surface area contributed by atoms with Crippen molar-refractivity contribution in [2.45, 2.75) is 40.8 Å². The fraction of sp³-hybridized carbons (Fsp3) is 0.206. The van der Waals surface area contributed by atoms with E-state index in [0.717, 1.165) is 56.7 Å². The molecular weight excluding hydrogens is 524 g/mol. The van der Waals surface area contributed by atoms with Crippen LogP contribution in [-0.4, -0.2) is 33.0 Å². The molecule has 0 aliphatic rings. The van der Waals surface area contributed by atoms with Crippen LogP contribution < -0.4 is 9.80 Å². The maximum atomic E-state index is 12.7. The molecule has 8 heteroatoms. The number of esters is 1. The fourth-order valence-corrected chi connectivity index (χ4v) is 5.16. The first-order chi connectivity index (χ1) is 20.4. The molecule has 0 spiro atoms. The monoisotopic (exact) mass is 558 g/mol. The molecule has 0 N–H and O–H groups in total. The van der Waals surface area contributed by atoms with Crippen LogP contribution in [0, 0.1) is 27.7 Å². The number of carbonyl (C=O) groups excluding carboxylic acids is 1. The molecule has 42 heavy (non-hydrogen) atoms. The van der Waals surface area contributed by atoms with Crippen molar-refractivity contribution in [3.8, 4) is 0 Å². The fourth-order valence-electron chi connectivity index (χ4n) is 5.16. The number of methoxy groups -OCH3 is 1. The van der Waals surface area contributed by atoms with E-state index in [9.17, 15) is 4.79 Å². The average molecular weight is 559 g/mol. The Morgan fingerprint density at radius 3 is 1.33 bits per heavy atom. The Bertz CT molecular complexity index is 1630. The Hall–Kier alpha value is -5.11. The average Bonchev–Trinajstić information content (AvgIpc) is 3.00. The van der Waals surface area contributed by atoms with Gasteiger partial charge in [0.1, 0.15) is 0 Å². The van der Waals surface area contributed by atoms with Gasteiger partial charge in [0.25, 0.3) is 0 Å². The first-order valence-corrected chi connectivity index (χ1v) is 13.8. The van der Waals surface area contributed by atoms with E-state index < -0.39 is 0 Å². The number of hydrogen-bond acceptors (Lipinski definition) is 8. The maximum absolute atomic E-state index is 12.7. The highest BCUT2D eigenvalue weighted by Crippen LogP contribution is 2.35. The summed E-state index contributed by atoms with van der Waals surface area (Å²) in [6.45, 7) is 9.02. The lowest BCUT2D eigenvalue weighted by molar-refractivity contribution is 0.0600. The summed E-state index contributed by atoms with van der Waals surface area (Å²) >= 11 is 0. The minimum atomic E-state index is -0.382. The molecule has 0 unspecified atom stereocenters. The summed E-state index contributed by atoms with van der Waals surface area (Å²) in [5.41, 5.74) is 10.0. The van der Waals surface area contributed by atoms with Crippen LogP contribution in [0.1, 0.15) is 44.3 Å². The lowest BCUT2D eigenvalue weighted by atomic mass is 10.0. The Labute approximate surface area is 246 Å². The number of anilines is 4. The SMILES string of the molecule is COC(=O)c1ccc(CN(c2cccnc2C)c2cccnc2C)c(CN(c2cccnc2C)c2cccnc2C)c1. The Kier molecular flexibility index (Phi) is 8.52. The van der Waals surface area contributed by atoms with Crippen LogP contribution in [0.3, 0.4) is 0 Å². The van der Waals surface area contributed by atoms with Crippen molar-refractivity contribution in [3.05, 3.63) is 131 Å². The zero-order valence-corrected chi connectivity index (χ0v) is 24.6. The molecule has 0 bridgehead atoms. The molecule has 0 saturated carbocycles. The highest BCUT2D eigenvalue weighted by molar-refractivity contribution is 5.89. The van der Waals surface area contributed by atoms with Gasteiger partial charge in [0, 0.05) is 37.9 Å². The summed E-state index contributed by atoms with van der Waals surface area (Å²) in [6.07, 6.45) is 7.18. The Morgan fingerprint density at radius 1 is 0.595 bits per heavy atom. The van der Waals surface area contributed by atoms with E-state index in [2.05, 4.69) is 54.0 Å². The van der Waals surface area contributed by atoms with Crippen molar-refractivity contribution in [2.24, 2.45) is 0 Å². The van der Waals surface area contributed by atoms with Crippen molar-refractivity contribution in [1.29, 1.82) is 0 Å². The third-order valence-electron chi connectivity index (χ3n) is 7.36. The summed E-state index contributed by atoms with van der Waals surface area (Å²) in [7, 11) is 1.40. The molecule has 5 rings (SSSR count). The second kappa shape index (κ2) is 12.6. The summed E-state index contributed by atoms with van der Waals surface area (Å²) in [5.74, 6) is -0.382. The van der Waals surface area contributed by atoms with Gasteiger partial charge in [-0.2, -0.15) is 0 Å². The maximum Gasteiger partial charge on any atom is 0.337 e. The van der Waals surface area contributed by atoms with Gasteiger partial charge < -0.3 is 14.5 Å². The summed E-state index contributed by atoms with van der Waals surface area (Å²) < 4.78 is 5.10. The van der Waals surface area contributed by atoms with Crippen molar-refractivity contribution in [1.82, 2.24) is 19.9 Å². The molecule has 0 aliphatic heterocycles. The van der Waals surface area contributed by atoms with Crippen LogP contribution in [0.15, 0.2) is 91.5 Å². The number of hydrogen-bond donors (Lipinski definition) is 0. The lowest BCUT2D eigenvalue weighted by Gasteiger charge is -2.31. The Morgan fingerprint density at radius 2 is 0.976 bits per heavy atom. The van der Waals surface area contributed by atoms with E-state index in [1.807, 2.05) is 70.2 Å². The van der Waals surface area contributed by atoms with E-state index in [1.54, 1.807) is 24.8 Å². The summed E-state index contributed by atoms with van der Waals surface area (Å²) in [4.78, 5) is 35.4. The van der Waals surface area contributed by atoms with E-state index in [-0.39, 0.29) is 5.97 Å². The van der Waals surface area contributed by atoms with Gasteiger partial charge in [0.2, 0.25) is 0 Å². The van der Waals surface area contributed by atoms with Gasteiger partial charge >= 0.3 is 5.97 Å². The quantitative estimate of drug-likeness (QED) is 0.180. The van der Waals surface area contributed by atoms with E-state index >= 15 is 0 Å². The molecule has 0 amide bonds. The predicted molar refractivity (Wildman–Crippen MR) is 165 cm³/mol. The lowest BCUT2D eigenvalue weighted by Crippen LogP contribution is -2.24. The molecule has 8 nitrogen and oxygen atoms in total. The molecule has 4 aromatic heterocycles. The van der Waals surface area contributed by atoms with Gasteiger partial charge in [-0.15, -0.1) is 0 Å². The smallest absolute Gasteiger partial charge is 0.337 e. The highest BCUT2D eigenvalue weighted by atomic mass is 16.5. The number of carbonyl (C=O) groups is 1. The van der Waals surface area contributed by atoms with E-state index in [4.69, 9.17) is 4.74 Å². The van der Waals surface area contributed by atoms with Crippen LogP contribution in [0.2, 0.25) is 0 Å². The van der Waals surface area contributed by atoms with Crippen LogP contribution in [0.25, 0.3) is 0 Å². The number of benzene rings is 1. The largest absolute Gasteiger partial charge is 0.465 e. The molecular formula is C34H34N6O2. The molecule has 0 aliphatic carbocycles. The topological polar surface area (TPSA) is 84.3 Å². The number of ether oxygens (including phenoxy) is 1.